The van der Waals surface area contributed by atoms with Crippen LogP contribution in [0.1, 0.15) is 31.9 Å². The van der Waals surface area contributed by atoms with Gasteiger partial charge in [0.15, 0.2) is 11.6 Å². The zero-order valence-electron chi connectivity index (χ0n) is 19.8. The van der Waals surface area contributed by atoms with Crippen molar-refractivity contribution >= 4 is 23.3 Å². The van der Waals surface area contributed by atoms with Crippen molar-refractivity contribution in [1.82, 2.24) is 19.6 Å². The van der Waals surface area contributed by atoms with Crippen molar-refractivity contribution in [3.8, 4) is 11.5 Å². The van der Waals surface area contributed by atoms with E-state index in [4.69, 9.17) is 21.4 Å². The molecule has 0 spiro atoms. The Morgan fingerprint density at radius 3 is 2.62 bits per heavy atom. The van der Waals surface area contributed by atoms with E-state index in [2.05, 4.69) is 15.5 Å². The Kier molecular flexibility index (Phi) is 8.94. The van der Waals surface area contributed by atoms with E-state index in [1.807, 2.05) is 13.8 Å². The predicted octanol–water partition coefficient (Wildman–Crippen LogP) is 3.48. The Morgan fingerprint density at radius 1 is 1.27 bits per heavy atom. The average Bonchev–Trinajstić information content (AvgIpc) is 3.24. The number of ether oxygens (including phenoxy) is 1. The summed E-state index contributed by atoms with van der Waals surface area (Å²) >= 11 is 5.84. The van der Waals surface area contributed by atoms with Crippen LogP contribution in [0.25, 0.3) is 0 Å². The molecule has 0 saturated heterocycles. The van der Waals surface area contributed by atoms with Crippen LogP contribution >= 0.6 is 11.6 Å². The molecule has 0 saturated carbocycles. The molecule has 0 aliphatic rings. The molecule has 14 heteroatoms. The molecule has 0 aliphatic heterocycles. The third kappa shape index (κ3) is 7.31. The number of halogens is 4. The van der Waals surface area contributed by atoms with E-state index in [9.17, 15) is 27.9 Å². The van der Waals surface area contributed by atoms with Gasteiger partial charge in [0.05, 0.1) is 36.0 Å². The lowest BCUT2D eigenvalue weighted by Crippen LogP contribution is -2.35. The maximum absolute atomic E-state index is 13.1. The Balaban J connectivity index is 1.82. The number of nitrogens with one attached hydrogen (secondary N) is 1. The number of aromatic nitrogens is 4. The number of hydrogen-bond donors (Lipinski definition) is 3. The van der Waals surface area contributed by atoms with Crippen molar-refractivity contribution in [3.05, 3.63) is 63.7 Å². The van der Waals surface area contributed by atoms with Crippen LogP contribution in [0, 0.1) is 5.92 Å². The first-order chi connectivity index (χ1) is 17.4. The van der Waals surface area contributed by atoms with E-state index < -0.39 is 47.0 Å². The Hall–Kier alpha value is -3.42. The largest absolute Gasteiger partial charge is 0.454 e. The molecule has 0 bridgehead atoms. The number of carbonyl (C=O) groups is 1. The lowest BCUT2D eigenvalue weighted by Gasteiger charge is -2.20. The van der Waals surface area contributed by atoms with Gasteiger partial charge in [-0.2, -0.15) is 23.4 Å². The SMILES string of the molecule is CC(C)CC(C(=O)Nc1ccn(C[C@@H](O)CO)n1)n1ncc(Oc2cccc(C(F)(F)F)c2Cl)cc1=O. The van der Waals surface area contributed by atoms with Gasteiger partial charge in [-0.15, -0.1) is 0 Å². The number of anilines is 1. The van der Waals surface area contributed by atoms with Crippen molar-refractivity contribution in [1.29, 1.82) is 0 Å². The number of hydrogen-bond acceptors (Lipinski definition) is 7. The van der Waals surface area contributed by atoms with Crippen LogP contribution in [-0.4, -0.2) is 48.4 Å². The number of amides is 1. The molecule has 1 unspecified atom stereocenters. The highest BCUT2D eigenvalue weighted by molar-refractivity contribution is 6.32. The summed E-state index contributed by atoms with van der Waals surface area (Å²) in [5.41, 5.74) is -1.81. The summed E-state index contributed by atoms with van der Waals surface area (Å²) in [4.78, 5) is 25.9. The number of carbonyl (C=O) groups excluding carboxylic acids is 1. The molecule has 1 aromatic carbocycles. The highest BCUT2D eigenvalue weighted by Crippen LogP contribution is 2.40. The van der Waals surface area contributed by atoms with Crippen molar-refractivity contribution in [2.45, 2.75) is 45.1 Å². The normalized spacial score (nSPS) is 13.4. The maximum Gasteiger partial charge on any atom is 0.417 e. The summed E-state index contributed by atoms with van der Waals surface area (Å²) in [7, 11) is 0. The van der Waals surface area contributed by atoms with Crippen LogP contribution in [-0.2, 0) is 17.5 Å². The molecular weight excluding hydrogens is 519 g/mol. The topological polar surface area (TPSA) is 132 Å². The van der Waals surface area contributed by atoms with Crippen molar-refractivity contribution in [3.63, 3.8) is 0 Å². The van der Waals surface area contributed by atoms with E-state index in [0.717, 1.165) is 29.1 Å². The third-order valence-corrected chi connectivity index (χ3v) is 5.48. The van der Waals surface area contributed by atoms with Gasteiger partial charge in [0.25, 0.3) is 11.5 Å². The van der Waals surface area contributed by atoms with Crippen molar-refractivity contribution in [2.75, 3.05) is 11.9 Å². The van der Waals surface area contributed by atoms with Gasteiger partial charge in [-0.25, -0.2) is 4.68 Å². The lowest BCUT2D eigenvalue weighted by molar-refractivity contribution is -0.137. The van der Waals surface area contributed by atoms with E-state index in [1.54, 1.807) is 0 Å². The predicted molar refractivity (Wildman–Crippen MR) is 127 cm³/mol. The van der Waals surface area contributed by atoms with Gasteiger partial charge in [-0.3, -0.25) is 14.3 Å². The van der Waals surface area contributed by atoms with Gasteiger partial charge in [0, 0.05) is 18.3 Å². The zero-order valence-corrected chi connectivity index (χ0v) is 20.6. The van der Waals surface area contributed by atoms with Crippen LogP contribution in [0.4, 0.5) is 19.0 Å². The van der Waals surface area contributed by atoms with Crippen LogP contribution in [0.2, 0.25) is 5.02 Å². The third-order valence-electron chi connectivity index (χ3n) is 5.09. The standard InChI is InChI=1S/C23H25ClF3N5O5/c1-13(2)8-17(22(36)29-19-6-7-31(30-19)11-14(34)12-33)32-20(35)9-15(10-28-32)37-18-5-3-4-16(21(18)24)23(25,26)27/h3-7,9-10,13-14,17,33-34H,8,11-12H2,1-2H3,(H,29,30,36)/t14-,17?/m1/s1. The highest BCUT2D eigenvalue weighted by atomic mass is 35.5. The first-order valence-electron chi connectivity index (χ1n) is 11.1. The Labute approximate surface area is 214 Å². The number of alkyl halides is 3. The van der Waals surface area contributed by atoms with Crippen LogP contribution in [0.5, 0.6) is 11.5 Å². The van der Waals surface area contributed by atoms with Gasteiger partial charge in [0.2, 0.25) is 0 Å². The minimum atomic E-state index is -4.69. The fourth-order valence-electron chi connectivity index (χ4n) is 3.40. The second kappa shape index (κ2) is 11.8. The van der Waals surface area contributed by atoms with E-state index in [1.165, 1.54) is 23.0 Å². The van der Waals surface area contributed by atoms with Gasteiger partial charge in [-0.1, -0.05) is 31.5 Å². The maximum atomic E-state index is 13.1. The zero-order chi connectivity index (χ0) is 27.3. The highest BCUT2D eigenvalue weighted by Gasteiger charge is 2.34. The lowest BCUT2D eigenvalue weighted by atomic mass is 10.0. The smallest absolute Gasteiger partial charge is 0.417 e. The molecule has 0 fully saturated rings. The summed E-state index contributed by atoms with van der Waals surface area (Å²) in [6.07, 6.45) is -2.87. The number of aliphatic hydroxyl groups excluding tert-OH is 2. The average molecular weight is 544 g/mol. The summed E-state index contributed by atoms with van der Waals surface area (Å²) < 4.78 is 47.0. The molecule has 3 N–H and O–H groups in total. The van der Waals surface area contributed by atoms with E-state index >= 15 is 0 Å². The first-order valence-corrected chi connectivity index (χ1v) is 11.5. The first kappa shape index (κ1) is 28.2. The number of benzene rings is 1. The molecule has 0 aliphatic carbocycles. The molecule has 200 valence electrons. The van der Waals surface area contributed by atoms with Gasteiger partial charge < -0.3 is 20.3 Å². The summed E-state index contributed by atoms with van der Waals surface area (Å²) in [5, 5.41) is 28.5. The van der Waals surface area contributed by atoms with Crippen molar-refractivity contribution in [2.24, 2.45) is 5.92 Å². The summed E-state index contributed by atoms with van der Waals surface area (Å²) in [6.45, 7) is 3.26. The summed E-state index contributed by atoms with van der Waals surface area (Å²) in [6, 6.07) is 4.59. The minimum absolute atomic E-state index is 0.0125. The molecule has 3 aromatic rings. The molecule has 10 nitrogen and oxygen atoms in total. The van der Waals surface area contributed by atoms with Gasteiger partial charge in [0.1, 0.15) is 11.8 Å². The molecule has 1 amide bonds. The second-order valence-corrected chi connectivity index (χ2v) is 8.96. The van der Waals surface area contributed by atoms with Crippen molar-refractivity contribution < 1.29 is 32.9 Å². The molecule has 3 rings (SSSR count). The number of aliphatic hydroxyl groups is 2. The Bertz CT molecular complexity index is 1290. The second-order valence-electron chi connectivity index (χ2n) is 8.59. The van der Waals surface area contributed by atoms with E-state index in [-0.39, 0.29) is 36.2 Å². The molecule has 2 heterocycles. The van der Waals surface area contributed by atoms with Gasteiger partial charge >= 0.3 is 6.18 Å². The fraction of sp³-hybridized carbons (Fsp3) is 0.391. The molecular formula is C23H25ClF3N5O5. The Morgan fingerprint density at radius 2 is 2.00 bits per heavy atom. The number of nitrogens with zero attached hydrogens (tertiary/aromatic N) is 4. The van der Waals surface area contributed by atoms with Crippen LogP contribution in [0.15, 0.2) is 47.5 Å². The van der Waals surface area contributed by atoms with E-state index in [0.29, 0.717) is 0 Å². The minimum Gasteiger partial charge on any atom is -0.454 e. The fourth-order valence-corrected chi connectivity index (χ4v) is 3.68. The van der Waals surface area contributed by atoms with Gasteiger partial charge in [-0.05, 0) is 24.5 Å². The summed E-state index contributed by atoms with van der Waals surface area (Å²) in [5.74, 6) is -0.898. The molecule has 37 heavy (non-hydrogen) atoms. The molecule has 2 atom stereocenters. The monoisotopic (exact) mass is 543 g/mol. The molecule has 0 radical (unpaired) electrons. The molecule has 2 aromatic heterocycles. The quantitative estimate of drug-likeness (QED) is 0.357. The van der Waals surface area contributed by atoms with Crippen LogP contribution in [0.3, 0.4) is 0 Å². The number of rotatable bonds is 10. The van der Waals surface area contributed by atoms with Crippen LogP contribution < -0.4 is 15.6 Å².